The average molecular weight is 467 g/mol. The molecular weight excluding hydrogens is 444 g/mol. The van der Waals surface area contributed by atoms with Crippen molar-refractivity contribution in [2.24, 2.45) is 0 Å². The van der Waals surface area contributed by atoms with Crippen molar-refractivity contribution in [3.05, 3.63) is 93.3 Å². The van der Waals surface area contributed by atoms with Crippen molar-refractivity contribution >= 4 is 41.0 Å². The molecule has 164 valence electrons. The van der Waals surface area contributed by atoms with E-state index in [1.165, 1.54) is 11.8 Å². The molecular formula is C25H23ClN2O3S. The topological polar surface area (TPSA) is 59.6 Å². The molecule has 1 saturated heterocycles. The van der Waals surface area contributed by atoms with Gasteiger partial charge >= 0.3 is 0 Å². The van der Waals surface area contributed by atoms with E-state index in [1.54, 1.807) is 7.11 Å². The molecule has 2 N–H and O–H groups in total. The first-order valence-corrected chi connectivity index (χ1v) is 11.3. The fourth-order valence-electron chi connectivity index (χ4n) is 3.28. The SMILES string of the molecule is COc1cc(/C=C2\SC(Nc3ccc(Cl)cc3C)NC2=O)ccc1OCc1ccccc1. The maximum Gasteiger partial charge on any atom is 0.260 e. The maximum absolute atomic E-state index is 12.5. The van der Waals surface area contributed by atoms with Gasteiger partial charge in [0, 0.05) is 10.7 Å². The molecule has 1 fully saturated rings. The van der Waals surface area contributed by atoms with Crippen molar-refractivity contribution in [1.82, 2.24) is 5.32 Å². The summed E-state index contributed by atoms with van der Waals surface area (Å²) in [6, 6.07) is 21.2. The maximum atomic E-state index is 12.5. The number of rotatable bonds is 7. The first-order valence-electron chi connectivity index (χ1n) is 10.1. The van der Waals surface area contributed by atoms with E-state index < -0.39 is 0 Å². The zero-order chi connectivity index (χ0) is 22.5. The van der Waals surface area contributed by atoms with Gasteiger partial charge in [0.25, 0.3) is 5.91 Å². The number of anilines is 1. The van der Waals surface area contributed by atoms with Gasteiger partial charge in [-0.05, 0) is 60.0 Å². The van der Waals surface area contributed by atoms with Gasteiger partial charge in [0.2, 0.25) is 0 Å². The van der Waals surface area contributed by atoms with Crippen LogP contribution >= 0.6 is 23.4 Å². The van der Waals surface area contributed by atoms with Gasteiger partial charge < -0.3 is 20.1 Å². The highest BCUT2D eigenvalue weighted by atomic mass is 35.5. The number of thioether (sulfide) groups is 1. The van der Waals surface area contributed by atoms with E-state index in [2.05, 4.69) is 10.6 Å². The van der Waals surface area contributed by atoms with Crippen LogP contribution in [0.2, 0.25) is 5.02 Å². The smallest absolute Gasteiger partial charge is 0.260 e. The summed E-state index contributed by atoms with van der Waals surface area (Å²) in [5, 5.41) is 6.96. The molecule has 0 spiro atoms. The normalized spacial score (nSPS) is 16.7. The fourth-order valence-corrected chi connectivity index (χ4v) is 4.48. The summed E-state index contributed by atoms with van der Waals surface area (Å²) in [6.45, 7) is 2.42. The summed E-state index contributed by atoms with van der Waals surface area (Å²) >= 11 is 7.46. The summed E-state index contributed by atoms with van der Waals surface area (Å²) in [4.78, 5) is 13.1. The molecule has 1 heterocycles. The number of ether oxygens (including phenoxy) is 2. The molecule has 1 aliphatic heterocycles. The van der Waals surface area contributed by atoms with Crippen molar-refractivity contribution < 1.29 is 14.3 Å². The highest BCUT2D eigenvalue weighted by Gasteiger charge is 2.27. The summed E-state index contributed by atoms with van der Waals surface area (Å²) in [7, 11) is 1.60. The number of methoxy groups -OCH3 is 1. The number of carbonyl (C=O) groups excluding carboxylic acids is 1. The molecule has 0 radical (unpaired) electrons. The number of hydrogen-bond acceptors (Lipinski definition) is 5. The van der Waals surface area contributed by atoms with Crippen LogP contribution in [0.25, 0.3) is 6.08 Å². The molecule has 32 heavy (non-hydrogen) atoms. The number of nitrogens with one attached hydrogen (secondary N) is 2. The molecule has 0 bridgehead atoms. The molecule has 7 heteroatoms. The highest BCUT2D eigenvalue weighted by Crippen LogP contribution is 2.34. The van der Waals surface area contributed by atoms with Crippen molar-refractivity contribution in [3.8, 4) is 11.5 Å². The average Bonchev–Trinajstić information content (AvgIpc) is 3.14. The number of amides is 1. The minimum absolute atomic E-state index is 0.123. The second kappa shape index (κ2) is 10.0. The fraction of sp³-hybridized carbons (Fsp3) is 0.160. The summed E-state index contributed by atoms with van der Waals surface area (Å²) in [6.07, 6.45) is 1.85. The van der Waals surface area contributed by atoms with E-state index in [4.69, 9.17) is 21.1 Å². The third kappa shape index (κ3) is 5.39. The Morgan fingerprint density at radius 1 is 1.09 bits per heavy atom. The van der Waals surface area contributed by atoms with E-state index in [-0.39, 0.29) is 11.4 Å². The molecule has 4 rings (SSSR count). The van der Waals surface area contributed by atoms with Crippen LogP contribution in [0.5, 0.6) is 11.5 Å². The Hall–Kier alpha value is -3.09. The van der Waals surface area contributed by atoms with Gasteiger partial charge in [0.05, 0.1) is 12.0 Å². The van der Waals surface area contributed by atoms with E-state index in [0.29, 0.717) is 28.0 Å². The van der Waals surface area contributed by atoms with E-state index in [9.17, 15) is 4.79 Å². The predicted molar refractivity (Wildman–Crippen MR) is 131 cm³/mol. The number of hydrogen-bond donors (Lipinski definition) is 2. The van der Waals surface area contributed by atoms with Gasteiger partial charge in [-0.3, -0.25) is 4.79 Å². The number of aryl methyl sites for hydroxylation is 1. The van der Waals surface area contributed by atoms with E-state index in [0.717, 1.165) is 22.4 Å². The molecule has 0 saturated carbocycles. The van der Waals surface area contributed by atoms with E-state index >= 15 is 0 Å². The molecule has 1 aliphatic rings. The van der Waals surface area contributed by atoms with Crippen molar-refractivity contribution in [2.75, 3.05) is 12.4 Å². The molecule has 0 aromatic heterocycles. The lowest BCUT2D eigenvalue weighted by Crippen LogP contribution is -2.31. The standard InChI is InChI=1S/C25H23ClN2O3S/c1-16-12-19(26)9-10-20(16)27-25-28-24(29)23(32-25)14-18-8-11-21(22(13-18)30-2)31-15-17-6-4-3-5-7-17/h3-14,25,27H,15H2,1-2H3,(H,28,29)/b23-14-. The lowest BCUT2D eigenvalue weighted by molar-refractivity contribution is -0.116. The van der Waals surface area contributed by atoms with Crippen LogP contribution in [0.15, 0.2) is 71.6 Å². The summed E-state index contributed by atoms with van der Waals surface area (Å²) in [5.74, 6) is 1.15. The lowest BCUT2D eigenvalue weighted by atomic mass is 10.2. The van der Waals surface area contributed by atoms with E-state index in [1.807, 2.05) is 79.7 Å². The van der Waals surface area contributed by atoms with Crippen LogP contribution < -0.4 is 20.1 Å². The first-order chi connectivity index (χ1) is 15.5. The van der Waals surface area contributed by atoms with Gasteiger partial charge in [0.1, 0.15) is 6.61 Å². The third-order valence-electron chi connectivity index (χ3n) is 4.93. The van der Waals surface area contributed by atoms with Crippen LogP contribution in [0.4, 0.5) is 5.69 Å². The van der Waals surface area contributed by atoms with Gasteiger partial charge in [0.15, 0.2) is 17.0 Å². The van der Waals surface area contributed by atoms with Crippen LogP contribution in [0.1, 0.15) is 16.7 Å². The molecule has 1 amide bonds. The van der Waals surface area contributed by atoms with Crippen LogP contribution in [0, 0.1) is 6.92 Å². The largest absolute Gasteiger partial charge is 0.493 e. The summed E-state index contributed by atoms with van der Waals surface area (Å²) < 4.78 is 11.4. The highest BCUT2D eigenvalue weighted by molar-refractivity contribution is 8.05. The Morgan fingerprint density at radius 3 is 2.66 bits per heavy atom. The van der Waals surface area contributed by atoms with Crippen LogP contribution in [-0.4, -0.2) is 18.5 Å². The van der Waals surface area contributed by atoms with Gasteiger partial charge in [-0.1, -0.05) is 59.8 Å². The van der Waals surface area contributed by atoms with Crippen LogP contribution in [-0.2, 0) is 11.4 Å². The number of benzene rings is 3. The zero-order valence-electron chi connectivity index (χ0n) is 17.7. The monoisotopic (exact) mass is 466 g/mol. The van der Waals surface area contributed by atoms with Gasteiger partial charge in [-0.2, -0.15) is 0 Å². The molecule has 1 atom stereocenters. The Balaban J connectivity index is 1.45. The minimum Gasteiger partial charge on any atom is -0.493 e. The second-order valence-corrected chi connectivity index (χ2v) is 8.85. The minimum atomic E-state index is -0.260. The zero-order valence-corrected chi connectivity index (χ0v) is 19.3. The number of halogens is 1. The lowest BCUT2D eigenvalue weighted by Gasteiger charge is -2.15. The molecule has 3 aromatic carbocycles. The van der Waals surface area contributed by atoms with Gasteiger partial charge in [-0.15, -0.1) is 0 Å². The Morgan fingerprint density at radius 2 is 1.91 bits per heavy atom. The second-order valence-electron chi connectivity index (χ2n) is 7.27. The molecule has 0 aliphatic carbocycles. The van der Waals surface area contributed by atoms with Crippen molar-refractivity contribution in [2.45, 2.75) is 19.0 Å². The molecule has 3 aromatic rings. The quantitative estimate of drug-likeness (QED) is 0.428. The van der Waals surface area contributed by atoms with Gasteiger partial charge in [-0.25, -0.2) is 0 Å². The van der Waals surface area contributed by atoms with Crippen molar-refractivity contribution in [1.29, 1.82) is 0 Å². The first kappa shape index (κ1) is 22.1. The third-order valence-corrected chi connectivity index (χ3v) is 6.19. The van der Waals surface area contributed by atoms with Crippen molar-refractivity contribution in [3.63, 3.8) is 0 Å². The number of carbonyl (C=O) groups is 1. The predicted octanol–water partition coefficient (Wildman–Crippen LogP) is 5.84. The van der Waals surface area contributed by atoms with Crippen LogP contribution in [0.3, 0.4) is 0 Å². The Labute approximate surface area is 196 Å². The molecule has 1 unspecified atom stereocenters. The Bertz CT molecular complexity index is 1150. The summed E-state index contributed by atoms with van der Waals surface area (Å²) in [5.41, 5.74) is 3.61. The Kier molecular flexibility index (Phi) is 6.93. The molecule has 5 nitrogen and oxygen atoms in total.